The van der Waals surface area contributed by atoms with Crippen LogP contribution in [0, 0.1) is 11.8 Å². The predicted molar refractivity (Wildman–Crippen MR) is 76.8 cm³/mol. The fraction of sp³-hybridized carbons (Fsp3) is 1.00. The zero-order chi connectivity index (χ0) is 14.0. The molecule has 2 atom stereocenters. The summed E-state index contributed by atoms with van der Waals surface area (Å²) in [5.74, 6) is 0.939. The molecule has 2 unspecified atom stereocenters. The molecule has 0 aromatic rings. The molecule has 2 heterocycles. The van der Waals surface area contributed by atoms with Gasteiger partial charge in [0.2, 0.25) is 0 Å². The Kier molecular flexibility index (Phi) is 4.87. The number of nitrogens with two attached hydrogens (primary N) is 1. The first-order valence-electron chi connectivity index (χ1n) is 7.43. The van der Waals surface area contributed by atoms with Crippen molar-refractivity contribution in [3.8, 4) is 0 Å². The molecule has 6 heteroatoms. The Bertz CT molecular complexity index is 391. The van der Waals surface area contributed by atoms with Crippen LogP contribution in [0.25, 0.3) is 0 Å². The molecule has 112 valence electrons. The van der Waals surface area contributed by atoms with Gasteiger partial charge in [0, 0.05) is 25.7 Å². The maximum atomic E-state index is 12.7. The highest BCUT2D eigenvalue weighted by Crippen LogP contribution is 2.28. The van der Waals surface area contributed by atoms with Crippen molar-refractivity contribution in [1.82, 2.24) is 8.61 Å². The lowest BCUT2D eigenvalue weighted by atomic mass is 9.94. The van der Waals surface area contributed by atoms with E-state index in [4.69, 9.17) is 5.73 Å². The van der Waals surface area contributed by atoms with Crippen LogP contribution < -0.4 is 5.73 Å². The number of hydrogen-bond acceptors (Lipinski definition) is 3. The molecule has 0 spiro atoms. The average Bonchev–Trinajstić information content (AvgIpc) is 2.41. The quantitative estimate of drug-likeness (QED) is 0.843. The van der Waals surface area contributed by atoms with E-state index < -0.39 is 10.2 Å². The van der Waals surface area contributed by atoms with Crippen LogP contribution in [0.1, 0.15) is 39.5 Å². The minimum Gasteiger partial charge on any atom is -0.330 e. The van der Waals surface area contributed by atoms with E-state index in [0.29, 0.717) is 38.0 Å². The van der Waals surface area contributed by atoms with E-state index in [0.717, 1.165) is 25.7 Å². The summed E-state index contributed by atoms with van der Waals surface area (Å²) in [4.78, 5) is 0. The maximum absolute atomic E-state index is 12.7. The van der Waals surface area contributed by atoms with Crippen molar-refractivity contribution in [2.24, 2.45) is 17.6 Å². The second-order valence-corrected chi connectivity index (χ2v) is 7.94. The second-order valence-electron chi connectivity index (χ2n) is 6.06. The first-order valence-corrected chi connectivity index (χ1v) is 8.83. The molecule has 0 aromatic carbocycles. The van der Waals surface area contributed by atoms with Crippen LogP contribution in [0.5, 0.6) is 0 Å². The Labute approximate surface area is 117 Å². The minimum atomic E-state index is -3.27. The zero-order valence-corrected chi connectivity index (χ0v) is 12.9. The van der Waals surface area contributed by atoms with Crippen molar-refractivity contribution in [1.29, 1.82) is 0 Å². The van der Waals surface area contributed by atoms with E-state index in [1.165, 1.54) is 0 Å². The van der Waals surface area contributed by atoms with Gasteiger partial charge in [-0.15, -0.1) is 0 Å². The first-order chi connectivity index (χ1) is 8.96. The monoisotopic (exact) mass is 289 g/mol. The van der Waals surface area contributed by atoms with E-state index in [-0.39, 0.29) is 6.04 Å². The van der Waals surface area contributed by atoms with Gasteiger partial charge in [0.15, 0.2) is 0 Å². The summed E-state index contributed by atoms with van der Waals surface area (Å²) in [6.07, 6.45) is 3.90. The topological polar surface area (TPSA) is 66.6 Å². The van der Waals surface area contributed by atoms with Gasteiger partial charge in [-0.25, -0.2) is 0 Å². The summed E-state index contributed by atoms with van der Waals surface area (Å²) in [6.45, 7) is 6.78. The second kappa shape index (κ2) is 6.08. The fourth-order valence-electron chi connectivity index (χ4n) is 3.15. The Morgan fingerprint density at radius 1 is 1.11 bits per heavy atom. The van der Waals surface area contributed by atoms with Gasteiger partial charge in [0.25, 0.3) is 10.2 Å². The van der Waals surface area contributed by atoms with Crippen LogP contribution in [0.2, 0.25) is 0 Å². The van der Waals surface area contributed by atoms with E-state index in [1.807, 2.05) is 6.92 Å². The molecule has 0 bridgehead atoms. The average molecular weight is 289 g/mol. The number of hydrogen-bond donors (Lipinski definition) is 1. The van der Waals surface area contributed by atoms with Crippen molar-refractivity contribution in [2.45, 2.75) is 45.6 Å². The summed E-state index contributed by atoms with van der Waals surface area (Å²) >= 11 is 0. The third-order valence-electron chi connectivity index (χ3n) is 4.85. The third kappa shape index (κ3) is 3.12. The highest BCUT2D eigenvalue weighted by molar-refractivity contribution is 7.86. The summed E-state index contributed by atoms with van der Waals surface area (Å²) < 4.78 is 28.8. The molecule has 2 aliphatic heterocycles. The van der Waals surface area contributed by atoms with Crippen LogP contribution in [0.4, 0.5) is 0 Å². The largest absolute Gasteiger partial charge is 0.330 e. The van der Waals surface area contributed by atoms with Gasteiger partial charge in [-0.05, 0) is 51.0 Å². The maximum Gasteiger partial charge on any atom is 0.282 e. The predicted octanol–water partition coefficient (Wildman–Crippen LogP) is 1.02. The molecule has 0 saturated carbocycles. The molecule has 2 rings (SSSR count). The van der Waals surface area contributed by atoms with Crippen molar-refractivity contribution in [3.63, 3.8) is 0 Å². The minimum absolute atomic E-state index is 0.117. The molecule has 5 nitrogen and oxygen atoms in total. The van der Waals surface area contributed by atoms with Gasteiger partial charge in [-0.1, -0.05) is 6.92 Å². The summed E-state index contributed by atoms with van der Waals surface area (Å²) in [7, 11) is -3.27. The van der Waals surface area contributed by atoms with E-state index in [2.05, 4.69) is 6.92 Å². The van der Waals surface area contributed by atoms with Gasteiger partial charge in [-0.3, -0.25) is 0 Å². The first kappa shape index (κ1) is 15.2. The number of rotatable bonds is 3. The standard InChI is InChI=1S/C13H27N3O2S/c1-11-4-3-7-16(12(11)2)19(17,18)15-8-5-13(10-14)6-9-15/h11-13H,3-10,14H2,1-2H3. The summed E-state index contributed by atoms with van der Waals surface area (Å²) in [6, 6.07) is 0.117. The van der Waals surface area contributed by atoms with Crippen molar-refractivity contribution >= 4 is 10.2 Å². The third-order valence-corrected chi connectivity index (χ3v) is 6.97. The lowest BCUT2D eigenvalue weighted by Crippen LogP contribution is -2.53. The Morgan fingerprint density at radius 3 is 2.32 bits per heavy atom. The van der Waals surface area contributed by atoms with Crippen molar-refractivity contribution in [2.75, 3.05) is 26.2 Å². The Balaban J connectivity index is 2.05. The van der Waals surface area contributed by atoms with Gasteiger partial charge >= 0.3 is 0 Å². The molecule has 0 aliphatic carbocycles. The molecule has 19 heavy (non-hydrogen) atoms. The fourth-order valence-corrected chi connectivity index (χ4v) is 5.10. The highest BCUT2D eigenvalue weighted by atomic mass is 32.2. The molecule has 2 N–H and O–H groups in total. The molecule has 0 amide bonds. The van der Waals surface area contributed by atoms with Gasteiger partial charge in [0.1, 0.15) is 0 Å². The molecule has 2 saturated heterocycles. The SMILES string of the molecule is CC1CCCN(S(=O)(=O)N2CCC(CN)CC2)C1C. The van der Waals surface area contributed by atoms with Crippen LogP contribution >= 0.6 is 0 Å². The number of nitrogens with zero attached hydrogens (tertiary/aromatic N) is 2. The van der Waals surface area contributed by atoms with Crippen molar-refractivity contribution in [3.05, 3.63) is 0 Å². The van der Waals surface area contributed by atoms with Gasteiger partial charge in [-0.2, -0.15) is 17.0 Å². The normalized spacial score (nSPS) is 32.6. The lowest BCUT2D eigenvalue weighted by Gasteiger charge is -2.41. The van der Waals surface area contributed by atoms with Crippen LogP contribution in [0.15, 0.2) is 0 Å². The molecule has 0 aromatic heterocycles. The molecular weight excluding hydrogens is 262 g/mol. The lowest BCUT2D eigenvalue weighted by molar-refractivity contribution is 0.179. The molecule has 2 aliphatic rings. The van der Waals surface area contributed by atoms with Gasteiger partial charge < -0.3 is 5.73 Å². The summed E-state index contributed by atoms with van der Waals surface area (Å²) in [5.41, 5.74) is 5.66. The van der Waals surface area contributed by atoms with Crippen molar-refractivity contribution < 1.29 is 8.42 Å². The molecule has 2 fully saturated rings. The molecule has 0 radical (unpaired) electrons. The highest BCUT2D eigenvalue weighted by Gasteiger charge is 2.38. The van der Waals surface area contributed by atoms with Crippen LogP contribution in [-0.4, -0.2) is 49.2 Å². The van der Waals surface area contributed by atoms with E-state index >= 15 is 0 Å². The summed E-state index contributed by atoms with van der Waals surface area (Å²) in [5, 5.41) is 0. The molecular formula is C13H27N3O2S. The number of piperidine rings is 2. The Hall–Kier alpha value is -0.170. The van der Waals surface area contributed by atoms with Gasteiger partial charge in [0.05, 0.1) is 0 Å². The van der Waals surface area contributed by atoms with E-state index in [9.17, 15) is 8.42 Å². The smallest absolute Gasteiger partial charge is 0.282 e. The Morgan fingerprint density at radius 2 is 1.74 bits per heavy atom. The van der Waals surface area contributed by atoms with Crippen LogP contribution in [-0.2, 0) is 10.2 Å². The van der Waals surface area contributed by atoms with Crippen LogP contribution in [0.3, 0.4) is 0 Å². The van der Waals surface area contributed by atoms with E-state index in [1.54, 1.807) is 8.61 Å². The zero-order valence-electron chi connectivity index (χ0n) is 12.1.